The lowest BCUT2D eigenvalue weighted by atomic mass is 10.1. The Bertz CT molecular complexity index is 833. The number of halogens is 1. The molecule has 1 aliphatic rings. The van der Waals surface area contributed by atoms with Crippen molar-refractivity contribution in [1.29, 1.82) is 0 Å². The summed E-state index contributed by atoms with van der Waals surface area (Å²) in [5.41, 5.74) is 1.45. The van der Waals surface area contributed by atoms with E-state index in [0.29, 0.717) is 12.1 Å². The van der Waals surface area contributed by atoms with Gasteiger partial charge in [0.25, 0.3) is 0 Å². The van der Waals surface area contributed by atoms with Crippen LogP contribution in [0, 0.1) is 11.7 Å². The predicted molar refractivity (Wildman–Crippen MR) is 83.7 cm³/mol. The minimum Gasteiger partial charge on any atom is -0.326 e. The molecule has 1 saturated carbocycles. The molecule has 120 valence electrons. The van der Waals surface area contributed by atoms with Crippen molar-refractivity contribution in [1.82, 2.24) is 0 Å². The first kappa shape index (κ1) is 15.6. The molecule has 1 aliphatic carbocycles. The SMILES string of the molecule is NS(=O)(=O)c1ccc(NC(=O)C2CC2c2ccc(F)cc2)cc1. The van der Waals surface area contributed by atoms with Gasteiger partial charge in [0.05, 0.1) is 4.90 Å². The van der Waals surface area contributed by atoms with Gasteiger partial charge in [-0.25, -0.2) is 17.9 Å². The predicted octanol–water partition coefficient (Wildman–Crippen LogP) is 2.22. The molecule has 3 N–H and O–H groups in total. The van der Waals surface area contributed by atoms with Crippen molar-refractivity contribution in [3.8, 4) is 0 Å². The molecule has 0 aliphatic heterocycles. The molecule has 2 unspecified atom stereocenters. The van der Waals surface area contributed by atoms with E-state index in [1.165, 1.54) is 36.4 Å². The largest absolute Gasteiger partial charge is 0.326 e. The van der Waals surface area contributed by atoms with Crippen molar-refractivity contribution in [2.45, 2.75) is 17.2 Å². The summed E-state index contributed by atoms with van der Waals surface area (Å²) in [6.07, 6.45) is 0.715. The Morgan fingerprint density at radius 3 is 2.26 bits per heavy atom. The van der Waals surface area contributed by atoms with Crippen molar-refractivity contribution < 1.29 is 17.6 Å². The van der Waals surface area contributed by atoms with Crippen LogP contribution >= 0.6 is 0 Å². The zero-order chi connectivity index (χ0) is 16.6. The summed E-state index contributed by atoms with van der Waals surface area (Å²) in [6, 6.07) is 11.8. The maximum absolute atomic E-state index is 12.9. The number of rotatable bonds is 4. The van der Waals surface area contributed by atoms with E-state index < -0.39 is 10.0 Å². The van der Waals surface area contributed by atoms with Crippen LogP contribution in [-0.4, -0.2) is 14.3 Å². The monoisotopic (exact) mass is 334 g/mol. The minimum atomic E-state index is -3.74. The fourth-order valence-corrected chi connectivity index (χ4v) is 3.04. The zero-order valence-corrected chi connectivity index (χ0v) is 12.9. The maximum Gasteiger partial charge on any atom is 0.238 e. The number of amides is 1. The molecule has 2 aromatic rings. The molecular formula is C16H15FN2O3S. The highest BCUT2D eigenvalue weighted by molar-refractivity contribution is 7.89. The van der Waals surface area contributed by atoms with Crippen LogP contribution in [0.4, 0.5) is 10.1 Å². The first-order valence-electron chi connectivity index (χ1n) is 7.04. The third-order valence-corrected chi connectivity index (χ3v) is 4.80. The average Bonchev–Trinajstić information content (AvgIpc) is 3.28. The zero-order valence-electron chi connectivity index (χ0n) is 12.1. The van der Waals surface area contributed by atoms with Crippen LogP contribution in [0.15, 0.2) is 53.4 Å². The summed E-state index contributed by atoms with van der Waals surface area (Å²) in [5, 5.41) is 7.76. The summed E-state index contributed by atoms with van der Waals surface area (Å²) < 4.78 is 35.2. The second kappa shape index (κ2) is 5.75. The Hall–Kier alpha value is -2.25. The quantitative estimate of drug-likeness (QED) is 0.898. The topological polar surface area (TPSA) is 89.3 Å². The molecule has 3 rings (SSSR count). The molecule has 2 atom stereocenters. The first-order chi connectivity index (χ1) is 10.8. The molecule has 0 aromatic heterocycles. The van der Waals surface area contributed by atoms with E-state index in [4.69, 9.17) is 5.14 Å². The Morgan fingerprint density at radius 2 is 1.70 bits per heavy atom. The Kier molecular flexibility index (Phi) is 3.91. The molecular weight excluding hydrogens is 319 g/mol. The van der Waals surface area contributed by atoms with Gasteiger partial charge in [0.15, 0.2) is 0 Å². The summed E-state index contributed by atoms with van der Waals surface area (Å²) in [6.45, 7) is 0. The number of hydrogen-bond acceptors (Lipinski definition) is 3. The smallest absolute Gasteiger partial charge is 0.238 e. The number of anilines is 1. The van der Waals surface area contributed by atoms with Crippen molar-refractivity contribution in [2.24, 2.45) is 11.1 Å². The highest BCUT2D eigenvalue weighted by atomic mass is 32.2. The van der Waals surface area contributed by atoms with Crippen LogP contribution in [0.1, 0.15) is 17.9 Å². The number of nitrogens with two attached hydrogens (primary N) is 1. The molecule has 1 fully saturated rings. The molecule has 0 radical (unpaired) electrons. The number of primary sulfonamides is 1. The van der Waals surface area contributed by atoms with Crippen molar-refractivity contribution >= 4 is 21.6 Å². The molecule has 0 spiro atoms. The Morgan fingerprint density at radius 1 is 1.09 bits per heavy atom. The fraction of sp³-hybridized carbons (Fsp3) is 0.188. The maximum atomic E-state index is 12.9. The standard InChI is InChI=1S/C16H15FN2O3S/c17-11-3-1-10(2-4-11)14-9-15(14)16(20)19-12-5-7-13(8-6-12)23(18,21)22/h1-8,14-15H,9H2,(H,19,20)(H2,18,21,22). The number of benzene rings is 2. The molecule has 0 heterocycles. The number of hydrogen-bond donors (Lipinski definition) is 2. The van der Waals surface area contributed by atoms with Gasteiger partial charge in [0, 0.05) is 11.6 Å². The lowest BCUT2D eigenvalue weighted by molar-refractivity contribution is -0.117. The molecule has 2 aromatic carbocycles. The summed E-state index contributed by atoms with van der Waals surface area (Å²) >= 11 is 0. The lowest BCUT2D eigenvalue weighted by Crippen LogP contribution is -2.15. The second-order valence-corrected chi connectivity index (χ2v) is 7.12. The van der Waals surface area contributed by atoms with Gasteiger partial charge >= 0.3 is 0 Å². The van der Waals surface area contributed by atoms with E-state index >= 15 is 0 Å². The van der Waals surface area contributed by atoms with Crippen molar-refractivity contribution in [3.63, 3.8) is 0 Å². The van der Waals surface area contributed by atoms with Gasteiger partial charge in [0.2, 0.25) is 15.9 Å². The number of sulfonamides is 1. The van der Waals surface area contributed by atoms with Gasteiger partial charge in [-0.15, -0.1) is 0 Å². The first-order valence-corrected chi connectivity index (χ1v) is 8.58. The number of nitrogens with one attached hydrogen (secondary N) is 1. The molecule has 23 heavy (non-hydrogen) atoms. The molecule has 0 bridgehead atoms. The molecule has 1 amide bonds. The summed E-state index contributed by atoms with van der Waals surface area (Å²) in [4.78, 5) is 12.2. The van der Waals surface area contributed by atoms with Crippen LogP contribution in [-0.2, 0) is 14.8 Å². The molecule has 0 saturated heterocycles. The fourth-order valence-electron chi connectivity index (χ4n) is 2.53. The average molecular weight is 334 g/mol. The second-order valence-electron chi connectivity index (χ2n) is 5.56. The molecule has 7 heteroatoms. The lowest BCUT2D eigenvalue weighted by Gasteiger charge is -2.06. The van der Waals surface area contributed by atoms with E-state index in [0.717, 1.165) is 5.56 Å². The minimum absolute atomic E-state index is 0.00823. The van der Waals surface area contributed by atoms with E-state index in [2.05, 4.69) is 5.32 Å². The Balaban J connectivity index is 1.63. The van der Waals surface area contributed by atoms with Gasteiger partial charge < -0.3 is 5.32 Å². The molecule has 5 nitrogen and oxygen atoms in total. The third kappa shape index (κ3) is 3.57. The van der Waals surface area contributed by atoms with Gasteiger partial charge in [-0.2, -0.15) is 0 Å². The van der Waals surface area contributed by atoms with Crippen LogP contribution in [0.3, 0.4) is 0 Å². The van der Waals surface area contributed by atoms with E-state index in [-0.39, 0.29) is 28.5 Å². The van der Waals surface area contributed by atoms with Crippen molar-refractivity contribution in [2.75, 3.05) is 5.32 Å². The van der Waals surface area contributed by atoms with Gasteiger partial charge in [-0.1, -0.05) is 12.1 Å². The Labute approximate surface area is 133 Å². The van der Waals surface area contributed by atoms with Crippen molar-refractivity contribution in [3.05, 3.63) is 59.9 Å². The van der Waals surface area contributed by atoms with Crippen LogP contribution in [0.25, 0.3) is 0 Å². The summed E-state index contributed by atoms with van der Waals surface area (Å²) in [5.74, 6) is -0.495. The van der Waals surface area contributed by atoms with Gasteiger partial charge in [-0.3, -0.25) is 4.79 Å². The van der Waals surface area contributed by atoms with Crippen LogP contribution in [0.5, 0.6) is 0 Å². The third-order valence-electron chi connectivity index (χ3n) is 3.88. The normalized spacial score (nSPS) is 20.1. The van der Waals surface area contributed by atoms with Gasteiger partial charge in [-0.05, 0) is 54.3 Å². The summed E-state index contributed by atoms with van der Waals surface area (Å²) in [7, 11) is -3.74. The highest BCUT2D eigenvalue weighted by Gasteiger charge is 2.43. The number of carbonyl (C=O) groups excluding carboxylic acids is 1. The van der Waals surface area contributed by atoms with Crippen LogP contribution in [0.2, 0.25) is 0 Å². The van der Waals surface area contributed by atoms with E-state index in [9.17, 15) is 17.6 Å². The van der Waals surface area contributed by atoms with Gasteiger partial charge in [0.1, 0.15) is 5.82 Å². The van der Waals surface area contributed by atoms with Crippen LogP contribution < -0.4 is 10.5 Å². The van der Waals surface area contributed by atoms with E-state index in [1.54, 1.807) is 12.1 Å². The number of carbonyl (C=O) groups is 1. The van der Waals surface area contributed by atoms with E-state index in [1.807, 2.05) is 0 Å². The highest BCUT2D eigenvalue weighted by Crippen LogP contribution is 2.47.